The molecule has 2 aromatic rings. The number of benzene rings is 2. The molecule has 2 aromatic carbocycles. The Balaban J connectivity index is 2.06. The zero-order chi connectivity index (χ0) is 16.1. The molecular formula is C18H22N2O2. The van der Waals surface area contributed by atoms with Crippen molar-refractivity contribution in [1.82, 2.24) is 0 Å². The first-order valence-electron chi connectivity index (χ1n) is 7.29. The minimum absolute atomic E-state index is 0.0853. The molecule has 1 amide bonds. The third-order valence-electron chi connectivity index (χ3n) is 3.51. The van der Waals surface area contributed by atoms with Crippen molar-refractivity contribution in [3.05, 3.63) is 53.6 Å². The molecule has 2 N–H and O–H groups in total. The van der Waals surface area contributed by atoms with E-state index >= 15 is 0 Å². The Morgan fingerprint density at radius 3 is 2.50 bits per heavy atom. The fourth-order valence-electron chi connectivity index (χ4n) is 2.26. The molecule has 0 aliphatic heterocycles. The number of hydrogen-bond acceptors (Lipinski definition) is 3. The van der Waals surface area contributed by atoms with Crippen molar-refractivity contribution >= 4 is 17.3 Å². The van der Waals surface area contributed by atoms with E-state index in [9.17, 15) is 4.79 Å². The average molecular weight is 298 g/mol. The molecule has 0 heterocycles. The molecule has 22 heavy (non-hydrogen) atoms. The summed E-state index contributed by atoms with van der Waals surface area (Å²) >= 11 is 0. The second-order valence-electron chi connectivity index (χ2n) is 5.37. The van der Waals surface area contributed by atoms with Crippen molar-refractivity contribution < 1.29 is 9.53 Å². The lowest BCUT2D eigenvalue weighted by Crippen LogP contribution is -2.32. The Morgan fingerprint density at radius 2 is 1.82 bits per heavy atom. The normalized spacial score (nSPS) is 11.6. The van der Waals surface area contributed by atoms with E-state index in [4.69, 9.17) is 4.74 Å². The smallest absolute Gasteiger partial charge is 0.246 e. The maximum Gasteiger partial charge on any atom is 0.246 e. The number of amides is 1. The Morgan fingerprint density at radius 1 is 1.09 bits per heavy atom. The van der Waals surface area contributed by atoms with Crippen molar-refractivity contribution in [2.75, 3.05) is 17.7 Å². The molecule has 0 aromatic heterocycles. The summed E-state index contributed by atoms with van der Waals surface area (Å²) in [5.41, 5.74) is 3.87. The standard InChI is InChI=1S/C18H22N2O2/c1-12-9-10-15(13(2)11-12)20-18(21)14(3)19-16-7-5-6-8-17(16)22-4/h5-11,14,19H,1-4H3,(H,20,21)/t14-/m0/s1. The van der Waals surface area contributed by atoms with Gasteiger partial charge < -0.3 is 15.4 Å². The molecule has 0 aliphatic rings. The van der Waals surface area contributed by atoms with Gasteiger partial charge in [0.25, 0.3) is 0 Å². The number of aryl methyl sites for hydroxylation is 2. The van der Waals surface area contributed by atoms with Crippen LogP contribution in [0.5, 0.6) is 5.75 Å². The summed E-state index contributed by atoms with van der Waals surface area (Å²) in [6, 6.07) is 13.1. The van der Waals surface area contributed by atoms with Gasteiger partial charge >= 0.3 is 0 Å². The number of anilines is 2. The largest absolute Gasteiger partial charge is 0.495 e. The summed E-state index contributed by atoms with van der Waals surface area (Å²) in [5, 5.41) is 6.13. The SMILES string of the molecule is COc1ccccc1N[C@@H](C)C(=O)Nc1ccc(C)cc1C. The third-order valence-corrected chi connectivity index (χ3v) is 3.51. The van der Waals surface area contributed by atoms with Gasteiger partial charge in [-0.05, 0) is 44.5 Å². The van der Waals surface area contributed by atoms with Gasteiger partial charge in [0, 0.05) is 5.69 Å². The van der Waals surface area contributed by atoms with Gasteiger partial charge in [0.1, 0.15) is 11.8 Å². The molecule has 0 aliphatic carbocycles. The number of ether oxygens (including phenoxy) is 1. The van der Waals surface area contributed by atoms with Crippen LogP contribution < -0.4 is 15.4 Å². The summed E-state index contributed by atoms with van der Waals surface area (Å²) in [5.74, 6) is 0.631. The summed E-state index contributed by atoms with van der Waals surface area (Å²) in [7, 11) is 1.61. The molecule has 0 radical (unpaired) electrons. The quantitative estimate of drug-likeness (QED) is 0.884. The lowest BCUT2D eigenvalue weighted by molar-refractivity contribution is -0.116. The highest BCUT2D eigenvalue weighted by atomic mass is 16.5. The Labute approximate surface area is 131 Å². The molecular weight excluding hydrogens is 276 g/mol. The summed E-state index contributed by atoms with van der Waals surface area (Å²) in [6.45, 7) is 5.84. The van der Waals surface area contributed by atoms with E-state index in [1.54, 1.807) is 7.11 Å². The van der Waals surface area contributed by atoms with Gasteiger partial charge in [0.2, 0.25) is 5.91 Å². The molecule has 2 rings (SSSR count). The zero-order valence-electron chi connectivity index (χ0n) is 13.4. The van der Waals surface area contributed by atoms with Crippen LogP contribution in [-0.4, -0.2) is 19.1 Å². The number of nitrogens with one attached hydrogen (secondary N) is 2. The first-order chi connectivity index (χ1) is 10.5. The van der Waals surface area contributed by atoms with Crippen LogP contribution in [0.1, 0.15) is 18.1 Å². The number of para-hydroxylation sites is 2. The van der Waals surface area contributed by atoms with Crippen LogP contribution in [0.2, 0.25) is 0 Å². The van der Waals surface area contributed by atoms with Crippen LogP contribution in [-0.2, 0) is 4.79 Å². The van der Waals surface area contributed by atoms with Crippen molar-refractivity contribution in [1.29, 1.82) is 0 Å². The van der Waals surface area contributed by atoms with Crippen LogP contribution in [0, 0.1) is 13.8 Å². The lowest BCUT2D eigenvalue weighted by Gasteiger charge is -2.18. The maximum absolute atomic E-state index is 12.3. The highest BCUT2D eigenvalue weighted by Gasteiger charge is 2.15. The van der Waals surface area contributed by atoms with E-state index in [1.165, 1.54) is 5.56 Å². The fraction of sp³-hybridized carbons (Fsp3) is 0.278. The maximum atomic E-state index is 12.3. The Bertz CT molecular complexity index is 668. The molecule has 0 unspecified atom stereocenters. The fourth-order valence-corrected chi connectivity index (χ4v) is 2.26. The summed E-state index contributed by atoms with van der Waals surface area (Å²) < 4.78 is 5.28. The number of rotatable bonds is 5. The number of carbonyl (C=O) groups is 1. The van der Waals surface area contributed by atoms with Crippen molar-refractivity contribution in [3.63, 3.8) is 0 Å². The van der Waals surface area contributed by atoms with Crippen LogP contribution >= 0.6 is 0 Å². The predicted molar refractivity (Wildman–Crippen MR) is 90.6 cm³/mol. The van der Waals surface area contributed by atoms with Crippen LogP contribution in [0.3, 0.4) is 0 Å². The van der Waals surface area contributed by atoms with E-state index in [0.29, 0.717) is 5.75 Å². The van der Waals surface area contributed by atoms with Gasteiger partial charge in [-0.1, -0.05) is 29.8 Å². The van der Waals surface area contributed by atoms with Crippen molar-refractivity contribution in [3.8, 4) is 5.75 Å². The zero-order valence-corrected chi connectivity index (χ0v) is 13.4. The second kappa shape index (κ2) is 6.98. The van der Waals surface area contributed by atoms with E-state index < -0.39 is 0 Å². The molecule has 0 fully saturated rings. The van der Waals surface area contributed by atoms with Gasteiger partial charge in [-0.2, -0.15) is 0 Å². The van der Waals surface area contributed by atoms with Gasteiger partial charge in [0.15, 0.2) is 0 Å². The van der Waals surface area contributed by atoms with Gasteiger partial charge in [-0.15, -0.1) is 0 Å². The van der Waals surface area contributed by atoms with Crippen molar-refractivity contribution in [2.45, 2.75) is 26.8 Å². The third kappa shape index (κ3) is 3.79. The summed E-state index contributed by atoms with van der Waals surface area (Å²) in [6.07, 6.45) is 0. The molecule has 4 nitrogen and oxygen atoms in total. The highest BCUT2D eigenvalue weighted by Crippen LogP contribution is 2.24. The van der Waals surface area contributed by atoms with E-state index in [2.05, 4.69) is 10.6 Å². The van der Waals surface area contributed by atoms with E-state index in [0.717, 1.165) is 16.9 Å². The molecule has 0 saturated carbocycles. The lowest BCUT2D eigenvalue weighted by atomic mass is 10.1. The monoisotopic (exact) mass is 298 g/mol. The number of carbonyl (C=O) groups excluding carboxylic acids is 1. The minimum atomic E-state index is -0.378. The Kier molecular flexibility index (Phi) is 5.04. The summed E-state index contributed by atoms with van der Waals surface area (Å²) in [4.78, 5) is 12.3. The molecule has 4 heteroatoms. The molecule has 0 bridgehead atoms. The van der Waals surface area contributed by atoms with E-state index in [1.807, 2.05) is 63.2 Å². The topological polar surface area (TPSA) is 50.4 Å². The minimum Gasteiger partial charge on any atom is -0.495 e. The first-order valence-corrected chi connectivity index (χ1v) is 7.29. The predicted octanol–water partition coefficient (Wildman–Crippen LogP) is 3.75. The molecule has 0 spiro atoms. The van der Waals surface area contributed by atoms with Gasteiger partial charge in [-0.3, -0.25) is 4.79 Å². The second-order valence-corrected chi connectivity index (χ2v) is 5.37. The Hall–Kier alpha value is -2.49. The van der Waals surface area contributed by atoms with Crippen LogP contribution in [0.25, 0.3) is 0 Å². The van der Waals surface area contributed by atoms with Crippen LogP contribution in [0.4, 0.5) is 11.4 Å². The number of methoxy groups -OCH3 is 1. The first kappa shape index (κ1) is 15.9. The molecule has 116 valence electrons. The van der Waals surface area contributed by atoms with E-state index in [-0.39, 0.29) is 11.9 Å². The van der Waals surface area contributed by atoms with Crippen molar-refractivity contribution in [2.24, 2.45) is 0 Å². The highest BCUT2D eigenvalue weighted by molar-refractivity contribution is 5.97. The van der Waals surface area contributed by atoms with Crippen LogP contribution in [0.15, 0.2) is 42.5 Å². The molecule has 0 saturated heterocycles. The average Bonchev–Trinajstić information content (AvgIpc) is 2.50. The van der Waals surface area contributed by atoms with Gasteiger partial charge in [-0.25, -0.2) is 0 Å². The number of hydrogen-bond donors (Lipinski definition) is 2. The van der Waals surface area contributed by atoms with Gasteiger partial charge in [0.05, 0.1) is 12.8 Å². The molecule has 1 atom stereocenters.